The van der Waals surface area contributed by atoms with Gasteiger partial charge in [-0.15, -0.1) is 0 Å². The van der Waals surface area contributed by atoms with Crippen LogP contribution in [0.4, 0.5) is 4.79 Å². The van der Waals surface area contributed by atoms with Crippen molar-refractivity contribution in [3.8, 4) is 11.5 Å². The van der Waals surface area contributed by atoms with E-state index in [1.807, 2.05) is 32.0 Å². The summed E-state index contributed by atoms with van der Waals surface area (Å²) in [6, 6.07) is 7.31. The van der Waals surface area contributed by atoms with Crippen molar-refractivity contribution in [2.75, 3.05) is 40.3 Å². The molecule has 1 unspecified atom stereocenters. The Balaban J connectivity index is 1.70. The molecule has 0 saturated carbocycles. The molecule has 1 atom stereocenters. The van der Waals surface area contributed by atoms with Crippen LogP contribution in [0.25, 0.3) is 0 Å². The van der Waals surface area contributed by atoms with Gasteiger partial charge in [-0.25, -0.2) is 4.79 Å². The molecule has 25 heavy (non-hydrogen) atoms. The largest absolute Gasteiger partial charge is 0.485 e. The summed E-state index contributed by atoms with van der Waals surface area (Å²) in [6.07, 6.45) is -0.662. The lowest BCUT2D eigenvalue weighted by Gasteiger charge is -2.48. The van der Waals surface area contributed by atoms with Crippen LogP contribution < -0.4 is 9.47 Å². The number of urea groups is 1. The zero-order valence-electron chi connectivity index (χ0n) is 15.2. The lowest BCUT2D eigenvalue weighted by Crippen LogP contribution is -2.65. The zero-order chi connectivity index (χ0) is 18.2. The van der Waals surface area contributed by atoms with Gasteiger partial charge in [0.15, 0.2) is 11.5 Å². The summed E-state index contributed by atoms with van der Waals surface area (Å²) >= 11 is 0. The summed E-state index contributed by atoms with van der Waals surface area (Å²) in [5.74, 6) is 1.15. The number of carbonyl (C=O) groups is 2. The molecule has 0 radical (unpaired) electrons. The van der Waals surface area contributed by atoms with Crippen molar-refractivity contribution in [3.05, 3.63) is 24.3 Å². The zero-order valence-corrected chi connectivity index (χ0v) is 15.2. The third-order valence-electron chi connectivity index (χ3n) is 4.61. The van der Waals surface area contributed by atoms with Crippen LogP contribution in [-0.2, 0) is 4.79 Å². The first-order valence-corrected chi connectivity index (χ1v) is 8.46. The first-order chi connectivity index (χ1) is 11.8. The van der Waals surface area contributed by atoms with Gasteiger partial charge in [-0.3, -0.25) is 4.79 Å². The fraction of sp³-hybridized carbons (Fsp3) is 0.556. The van der Waals surface area contributed by atoms with E-state index in [0.29, 0.717) is 31.1 Å². The van der Waals surface area contributed by atoms with Gasteiger partial charge < -0.3 is 24.2 Å². The number of carbonyl (C=O) groups excluding carboxylic acids is 2. The SMILES string of the molecule is CN(C)C(=O)N1CCN(C(=O)C2COc3ccccc3O2)C(C)(C)C1. The number of hydrogen-bond acceptors (Lipinski definition) is 4. The molecule has 136 valence electrons. The van der Waals surface area contributed by atoms with Crippen LogP contribution in [0.5, 0.6) is 11.5 Å². The second kappa shape index (κ2) is 6.46. The van der Waals surface area contributed by atoms with E-state index in [9.17, 15) is 9.59 Å². The van der Waals surface area contributed by atoms with Gasteiger partial charge in [0.1, 0.15) is 6.61 Å². The Kier molecular flexibility index (Phi) is 4.49. The van der Waals surface area contributed by atoms with E-state index in [1.54, 1.807) is 34.9 Å². The van der Waals surface area contributed by atoms with Gasteiger partial charge in [-0.1, -0.05) is 12.1 Å². The molecule has 0 spiro atoms. The minimum Gasteiger partial charge on any atom is -0.485 e. The van der Waals surface area contributed by atoms with Crippen LogP contribution in [0.2, 0.25) is 0 Å². The molecule has 7 nitrogen and oxygen atoms in total. The van der Waals surface area contributed by atoms with E-state index in [0.717, 1.165) is 0 Å². The van der Waals surface area contributed by atoms with Crippen molar-refractivity contribution in [3.63, 3.8) is 0 Å². The van der Waals surface area contributed by atoms with E-state index in [1.165, 1.54) is 0 Å². The van der Waals surface area contributed by atoms with Crippen molar-refractivity contribution in [1.82, 2.24) is 14.7 Å². The number of hydrogen-bond donors (Lipinski definition) is 0. The molecular weight excluding hydrogens is 322 g/mol. The van der Waals surface area contributed by atoms with E-state index >= 15 is 0 Å². The van der Waals surface area contributed by atoms with Gasteiger partial charge >= 0.3 is 6.03 Å². The highest BCUT2D eigenvalue weighted by Gasteiger charge is 2.42. The van der Waals surface area contributed by atoms with Crippen LogP contribution in [-0.4, -0.2) is 78.6 Å². The average molecular weight is 347 g/mol. The monoisotopic (exact) mass is 347 g/mol. The van der Waals surface area contributed by atoms with Crippen molar-refractivity contribution in [2.24, 2.45) is 0 Å². The highest BCUT2D eigenvalue weighted by molar-refractivity contribution is 5.83. The summed E-state index contributed by atoms with van der Waals surface area (Å²) in [5, 5.41) is 0. The van der Waals surface area contributed by atoms with Gasteiger partial charge in [-0.05, 0) is 26.0 Å². The maximum Gasteiger partial charge on any atom is 0.319 e. The molecule has 2 aliphatic heterocycles. The first kappa shape index (κ1) is 17.4. The van der Waals surface area contributed by atoms with Crippen molar-refractivity contribution >= 4 is 11.9 Å². The molecule has 3 rings (SSSR count). The van der Waals surface area contributed by atoms with Crippen LogP contribution >= 0.6 is 0 Å². The van der Waals surface area contributed by atoms with Gasteiger partial charge in [0.05, 0.1) is 5.54 Å². The predicted octanol–water partition coefficient (Wildman–Crippen LogP) is 1.43. The highest BCUT2D eigenvalue weighted by atomic mass is 16.6. The molecule has 0 aliphatic carbocycles. The Morgan fingerprint density at radius 2 is 1.84 bits per heavy atom. The molecule has 3 amide bonds. The normalized spacial score (nSPS) is 21.7. The fourth-order valence-corrected chi connectivity index (χ4v) is 3.32. The average Bonchev–Trinajstić information content (AvgIpc) is 2.59. The van der Waals surface area contributed by atoms with Gasteiger partial charge in [0.25, 0.3) is 5.91 Å². The van der Waals surface area contributed by atoms with Gasteiger partial charge in [0, 0.05) is 33.7 Å². The summed E-state index contributed by atoms with van der Waals surface area (Å²) < 4.78 is 11.5. The van der Waals surface area contributed by atoms with Crippen LogP contribution in [0.15, 0.2) is 24.3 Å². The van der Waals surface area contributed by atoms with E-state index in [4.69, 9.17) is 9.47 Å². The number of nitrogens with zero attached hydrogens (tertiary/aromatic N) is 3. The van der Waals surface area contributed by atoms with Crippen LogP contribution in [0, 0.1) is 0 Å². The Hall–Kier alpha value is -2.44. The second-order valence-corrected chi connectivity index (χ2v) is 7.27. The van der Waals surface area contributed by atoms with Crippen molar-refractivity contribution in [2.45, 2.75) is 25.5 Å². The Labute approximate surface area is 148 Å². The van der Waals surface area contributed by atoms with Crippen molar-refractivity contribution < 1.29 is 19.1 Å². The lowest BCUT2D eigenvalue weighted by molar-refractivity contribution is -0.150. The minimum absolute atomic E-state index is 0.0358. The third kappa shape index (κ3) is 3.36. The Morgan fingerprint density at radius 1 is 1.16 bits per heavy atom. The standard InChI is InChI=1S/C18H25N3O4/c1-18(2)12-20(17(23)19(3)4)9-10-21(18)16(22)15-11-24-13-7-5-6-8-14(13)25-15/h5-8,15H,9-12H2,1-4H3. The van der Waals surface area contributed by atoms with Crippen molar-refractivity contribution in [1.29, 1.82) is 0 Å². The topological polar surface area (TPSA) is 62.3 Å². The molecule has 1 saturated heterocycles. The van der Waals surface area contributed by atoms with E-state index in [2.05, 4.69) is 0 Å². The smallest absolute Gasteiger partial charge is 0.319 e. The van der Waals surface area contributed by atoms with Gasteiger partial charge in [-0.2, -0.15) is 0 Å². The molecule has 1 aromatic rings. The molecule has 7 heteroatoms. The summed E-state index contributed by atoms with van der Waals surface area (Å²) in [6.45, 7) is 5.61. The summed E-state index contributed by atoms with van der Waals surface area (Å²) in [7, 11) is 3.47. The van der Waals surface area contributed by atoms with Crippen LogP contribution in [0.3, 0.4) is 0 Å². The summed E-state index contributed by atoms with van der Waals surface area (Å²) in [5.41, 5.74) is -0.471. The molecule has 1 aromatic carbocycles. The van der Waals surface area contributed by atoms with E-state index in [-0.39, 0.29) is 18.5 Å². The molecule has 0 aromatic heterocycles. The molecule has 0 bridgehead atoms. The molecule has 2 heterocycles. The number of benzene rings is 1. The Bertz CT molecular complexity index is 674. The maximum atomic E-state index is 13.0. The lowest BCUT2D eigenvalue weighted by atomic mass is 9.98. The molecule has 0 N–H and O–H groups in total. The number of fused-ring (bicyclic) bond motifs is 1. The Morgan fingerprint density at radius 3 is 2.48 bits per heavy atom. The molecule has 2 aliphatic rings. The maximum absolute atomic E-state index is 13.0. The van der Waals surface area contributed by atoms with Gasteiger partial charge in [0.2, 0.25) is 6.10 Å². The number of piperazine rings is 1. The predicted molar refractivity (Wildman–Crippen MR) is 92.8 cm³/mol. The number of para-hydroxylation sites is 2. The highest BCUT2D eigenvalue weighted by Crippen LogP contribution is 2.32. The minimum atomic E-state index is -0.662. The fourth-order valence-electron chi connectivity index (χ4n) is 3.32. The number of amides is 3. The van der Waals surface area contributed by atoms with Crippen LogP contribution in [0.1, 0.15) is 13.8 Å². The van der Waals surface area contributed by atoms with E-state index < -0.39 is 11.6 Å². The molecule has 1 fully saturated rings. The number of ether oxygens (including phenoxy) is 2. The molecular formula is C18H25N3O4. The summed E-state index contributed by atoms with van der Waals surface area (Å²) in [4.78, 5) is 30.3. The number of rotatable bonds is 1. The first-order valence-electron chi connectivity index (χ1n) is 8.46. The second-order valence-electron chi connectivity index (χ2n) is 7.27. The third-order valence-corrected chi connectivity index (χ3v) is 4.61. The quantitative estimate of drug-likeness (QED) is 0.771.